The summed E-state index contributed by atoms with van der Waals surface area (Å²) in [6.07, 6.45) is 0. The van der Waals surface area contributed by atoms with E-state index in [1.165, 1.54) is 12.1 Å². The summed E-state index contributed by atoms with van der Waals surface area (Å²) in [5.41, 5.74) is 0.703. The molecule has 4 heteroatoms. The molecule has 0 heterocycles. The van der Waals surface area contributed by atoms with Gasteiger partial charge >= 0.3 is 0 Å². The molecule has 0 bridgehead atoms. The second-order valence-electron chi connectivity index (χ2n) is 2.27. The lowest BCUT2D eigenvalue weighted by molar-refractivity contribution is -0.384. The molecule has 1 rings (SSSR count). The third-order valence-electron chi connectivity index (χ3n) is 1.39. The Hall–Kier alpha value is -1.97. The van der Waals surface area contributed by atoms with Gasteiger partial charge < -0.3 is 0 Å². The maximum absolute atomic E-state index is 10.3. The van der Waals surface area contributed by atoms with Gasteiger partial charge in [0.05, 0.1) is 4.92 Å². The molecule has 68 valence electrons. The summed E-state index contributed by atoms with van der Waals surface area (Å²) >= 11 is 5.08. The smallest absolute Gasteiger partial charge is 0.258 e. The van der Waals surface area contributed by atoms with Crippen LogP contribution in [-0.2, 0) is 0 Å². The molecule has 0 atom stereocenters. The van der Waals surface area contributed by atoms with Crippen molar-refractivity contribution in [1.29, 1.82) is 0 Å². The maximum Gasteiger partial charge on any atom is 0.269 e. The largest absolute Gasteiger partial charge is 0.269 e. The molecule has 0 aliphatic rings. The Morgan fingerprint density at radius 2 is 1.86 bits per heavy atom. The molecule has 0 spiro atoms. The van der Waals surface area contributed by atoms with E-state index in [-0.39, 0.29) is 5.69 Å². The lowest BCUT2D eigenvalue weighted by Gasteiger charge is -1.90. The minimum Gasteiger partial charge on any atom is -0.258 e. The van der Waals surface area contributed by atoms with Crippen molar-refractivity contribution in [1.82, 2.24) is 0 Å². The molecule has 0 saturated heterocycles. The second kappa shape index (κ2) is 4.91. The first kappa shape index (κ1) is 10.1. The molecule has 0 aliphatic heterocycles. The molecule has 3 nitrogen and oxygen atoms in total. The molecule has 0 aliphatic carbocycles. The van der Waals surface area contributed by atoms with Crippen LogP contribution in [-0.4, -0.2) is 4.92 Å². The topological polar surface area (TPSA) is 43.1 Å². The van der Waals surface area contributed by atoms with Crippen molar-refractivity contribution in [3.05, 3.63) is 39.9 Å². The normalized spacial score (nSPS) is 7.79. The van der Waals surface area contributed by atoms with Gasteiger partial charge in [-0.15, -0.1) is 0 Å². The van der Waals surface area contributed by atoms with Gasteiger partial charge in [-0.3, -0.25) is 10.1 Å². The first-order valence-corrected chi connectivity index (χ1v) is 3.98. The highest BCUT2D eigenvalue weighted by molar-refractivity contribution is 6.30. The van der Waals surface area contributed by atoms with E-state index in [1.54, 1.807) is 12.1 Å². The molecule has 0 radical (unpaired) electrons. The molecule has 0 saturated carbocycles. The van der Waals surface area contributed by atoms with E-state index in [9.17, 15) is 10.1 Å². The number of nitro groups is 1. The second-order valence-corrected chi connectivity index (χ2v) is 2.46. The summed E-state index contributed by atoms with van der Waals surface area (Å²) in [4.78, 5) is 9.84. The number of hydrogen-bond acceptors (Lipinski definition) is 2. The van der Waals surface area contributed by atoms with Crippen LogP contribution in [0.3, 0.4) is 0 Å². The van der Waals surface area contributed by atoms with Crippen LogP contribution >= 0.6 is 11.6 Å². The average molecular weight is 206 g/mol. The summed E-state index contributed by atoms with van der Waals surface area (Å²) in [7, 11) is 0. The fraction of sp³-hybridized carbons (Fsp3) is 0. The Kier molecular flexibility index (Phi) is 3.55. The van der Waals surface area contributed by atoms with E-state index < -0.39 is 4.92 Å². The van der Waals surface area contributed by atoms with Crippen molar-refractivity contribution in [2.24, 2.45) is 0 Å². The minimum atomic E-state index is -0.463. The first-order valence-electron chi connectivity index (χ1n) is 3.60. The highest BCUT2D eigenvalue weighted by Crippen LogP contribution is 2.10. The van der Waals surface area contributed by atoms with Crippen molar-refractivity contribution in [3.63, 3.8) is 0 Å². The van der Waals surface area contributed by atoms with E-state index in [0.29, 0.717) is 5.56 Å². The zero-order valence-electron chi connectivity index (χ0n) is 6.95. The van der Waals surface area contributed by atoms with Crippen molar-refractivity contribution < 1.29 is 4.92 Å². The molecule has 0 N–H and O–H groups in total. The summed E-state index contributed by atoms with van der Waals surface area (Å²) < 4.78 is 0. The monoisotopic (exact) mass is 205 g/mol. The van der Waals surface area contributed by atoms with Gasteiger partial charge in [0.1, 0.15) is 0 Å². The number of nitro benzene ring substituents is 1. The highest BCUT2D eigenvalue weighted by atomic mass is 35.5. The van der Waals surface area contributed by atoms with Crippen molar-refractivity contribution in [3.8, 4) is 23.1 Å². The van der Waals surface area contributed by atoms with E-state index >= 15 is 0 Å². The molecule has 1 aromatic rings. The molecule has 0 amide bonds. The van der Waals surface area contributed by atoms with Crippen molar-refractivity contribution in [2.75, 3.05) is 0 Å². The van der Waals surface area contributed by atoms with Gasteiger partial charge in [0, 0.05) is 29.0 Å². The summed E-state index contributed by atoms with van der Waals surface area (Å²) in [5, 5.41) is 12.4. The molecule has 14 heavy (non-hydrogen) atoms. The van der Waals surface area contributed by atoms with E-state index in [1.807, 2.05) is 0 Å². The van der Waals surface area contributed by atoms with E-state index in [2.05, 4.69) is 23.1 Å². The zero-order chi connectivity index (χ0) is 10.4. The number of halogens is 1. The van der Waals surface area contributed by atoms with E-state index in [0.717, 1.165) is 0 Å². The van der Waals surface area contributed by atoms with Crippen LogP contribution in [0.4, 0.5) is 5.69 Å². The van der Waals surface area contributed by atoms with E-state index in [4.69, 9.17) is 11.6 Å². The fourth-order valence-corrected chi connectivity index (χ4v) is 0.841. The first-order chi connectivity index (χ1) is 6.74. The third-order valence-corrected chi connectivity index (χ3v) is 1.49. The van der Waals surface area contributed by atoms with Crippen LogP contribution < -0.4 is 0 Å². The van der Waals surface area contributed by atoms with Gasteiger partial charge in [0.15, 0.2) is 0 Å². The molecule has 0 fully saturated rings. The Labute approximate surface area is 85.8 Å². The van der Waals surface area contributed by atoms with Gasteiger partial charge in [-0.2, -0.15) is 0 Å². The molecular formula is C10H4ClNO2. The summed E-state index contributed by atoms with van der Waals surface area (Å²) in [6.45, 7) is 0. The summed E-state index contributed by atoms with van der Waals surface area (Å²) in [6, 6.07) is 5.89. The van der Waals surface area contributed by atoms with Gasteiger partial charge in [-0.05, 0) is 29.7 Å². The minimum absolute atomic E-state index is 0.0407. The molecule has 1 aromatic carbocycles. The predicted octanol–water partition coefficient (Wildman–Crippen LogP) is 2.15. The Morgan fingerprint density at radius 3 is 2.36 bits per heavy atom. The van der Waals surface area contributed by atoms with Crippen molar-refractivity contribution in [2.45, 2.75) is 0 Å². The Balaban J connectivity index is 2.89. The standard InChI is InChI=1S/C10H4ClNO2/c11-8-2-1-3-9-4-6-10(7-5-9)12(13)14/h4-7H. The SMILES string of the molecule is O=[N+]([O-])c1ccc(C#CC#CCl)cc1. The molecule has 0 unspecified atom stereocenters. The van der Waals surface area contributed by atoms with Gasteiger partial charge in [0.25, 0.3) is 5.69 Å². The summed E-state index contributed by atoms with van der Waals surface area (Å²) in [5.74, 6) is 7.52. The van der Waals surface area contributed by atoms with Crippen LogP contribution in [0, 0.1) is 33.3 Å². The maximum atomic E-state index is 10.3. The van der Waals surface area contributed by atoms with Crippen LogP contribution in [0.15, 0.2) is 24.3 Å². The number of nitrogens with zero attached hydrogens (tertiary/aromatic N) is 1. The van der Waals surface area contributed by atoms with Crippen LogP contribution in [0.25, 0.3) is 0 Å². The lowest BCUT2D eigenvalue weighted by Crippen LogP contribution is -1.86. The number of benzene rings is 1. The highest BCUT2D eigenvalue weighted by Gasteiger charge is 2.01. The predicted molar refractivity (Wildman–Crippen MR) is 53.6 cm³/mol. The molecular weight excluding hydrogens is 202 g/mol. The van der Waals surface area contributed by atoms with Gasteiger partial charge in [-0.25, -0.2) is 0 Å². The number of rotatable bonds is 1. The average Bonchev–Trinajstić information content (AvgIpc) is 2.19. The van der Waals surface area contributed by atoms with Gasteiger partial charge in [0.2, 0.25) is 0 Å². The Bertz CT molecular complexity index is 457. The third kappa shape index (κ3) is 2.82. The zero-order valence-corrected chi connectivity index (χ0v) is 7.71. The fourth-order valence-electron chi connectivity index (χ4n) is 0.794. The quantitative estimate of drug-likeness (QED) is 0.401. The van der Waals surface area contributed by atoms with Crippen LogP contribution in [0.1, 0.15) is 5.56 Å². The van der Waals surface area contributed by atoms with Crippen molar-refractivity contribution >= 4 is 17.3 Å². The number of non-ortho nitro benzene ring substituents is 1. The Morgan fingerprint density at radius 1 is 1.21 bits per heavy atom. The van der Waals surface area contributed by atoms with Crippen LogP contribution in [0.2, 0.25) is 0 Å². The lowest BCUT2D eigenvalue weighted by atomic mass is 10.2. The van der Waals surface area contributed by atoms with Gasteiger partial charge in [-0.1, -0.05) is 5.92 Å². The van der Waals surface area contributed by atoms with Crippen LogP contribution in [0.5, 0.6) is 0 Å². The molecule has 0 aromatic heterocycles. The number of hydrogen-bond donors (Lipinski definition) is 0.